The van der Waals surface area contributed by atoms with Crippen LogP contribution >= 0.6 is 0 Å². The third kappa shape index (κ3) is 2.88. The number of hydrogen-bond acceptors (Lipinski definition) is 4. The number of ether oxygens (including phenoxy) is 2. The molecule has 110 valence electrons. The first kappa shape index (κ1) is 14.7. The number of rotatable bonds is 4. The van der Waals surface area contributed by atoms with Gasteiger partial charge >= 0.3 is 0 Å². The predicted molar refractivity (Wildman–Crippen MR) is 79.0 cm³/mol. The molecule has 0 saturated carbocycles. The molecule has 1 atom stereocenters. The van der Waals surface area contributed by atoms with E-state index in [0.29, 0.717) is 18.0 Å². The van der Waals surface area contributed by atoms with Crippen molar-refractivity contribution in [1.29, 1.82) is 0 Å². The molecule has 0 fully saturated rings. The SMILES string of the molecule is COC(C)(C)CCN1C(=O)C(C)Oc2cc(N)ccc21. The third-order valence-electron chi connectivity index (χ3n) is 3.68. The molecule has 0 spiro atoms. The highest BCUT2D eigenvalue weighted by Crippen LogP contribution is 2.36. The molecule has 1 aromatic carbocycles. The number of nitrogen functional groups attached to an aromatic ring is 1. The summed E-state index contributed by atoms with van der Waals surface area (Å²) < 4.78 is 11.0. The highest BCUT2D eigenvalue weighted by molar-refractivity contribution is 6.00. The zero-order valence-corrected chi connectivity index (χ0v) is 12.5. The van der Waals surface area contributed by atoms with Crippen LogP contribution in [0.1, 0.15) is 27.2 Å². The number of carbonyl (C=O) groups is 1. The van der Waals surface area contributed by atoms with Gasteiger partial charge in [0.1, 0.15) is 5.75 Å². The molecule has 0 aliphatic carbocycles. The van der Waals surface area contributed by atoms with Crippen LogP contribution in [-0.2, 0) is 9.53 Å². The van der Waals surface area contributed by atoms with Crippen molar-refractivity contribution in [2.45, 2.75) is 38.9 Å². The smallest absolute Gasteiger partial charge is 0.267 e. The molecule has 5 heteroatoms. The van der Waals surface area contributed by atoms with E-state index >= 15 is 0 Å². The van der Waals surface area contributed by atoms with Crippen LogP contribution in [0.25, 0.3) is 0 Å². The van der Waals surface area contributed by atoms with Gasteiger partial charge in [0.15, 0.2) is 6.10 Å². The summed E-state index contributed by atoms with van der Waals surface area (Å²) in [5.41, 5.74) is 6.90. The van der Waals surface area contributed by atoms with E-state index in [4.69, 9.17) is 15.2 Å². The van der Waals surface area contributed by atoms with Crippen LogP contribution < -0.4 is 15.4 Å². The topological polar surface area (TPSA) is 64.8 Å². The summed E-state index contributed by atoms with van der Waals surface area (Å²) in [6, 6.07) is 5.36. The van der Waals surface area contributed by atoms with Gasteiger partial charge in [-0.25, -0.2) is 0 Å². The number of methoxy groups -OCH3 is 1. The Morgan fingerprint density at radius 3 is 2.80 bits per heavy atom. The van der Waals surface area contributed by atoms with Gasteiger partial charge in [0.2, 0.25) is 0 Å². The van der Waals surface area contributed by atoms with Crippen molar-refractivity contribution in [3.63, 3.8) is 0 Å². The van der Waals surface area contributed by atoms with E-state index in [2.05, 4.69) is 0 Å². The molecule has 1 unspecified atom stereocenters. The first-order chi connectivity index (χ1) is 9.34. The van der Waals surface area contributed by atoms with Gasteiger partial charge in [0.05, 0.1) is 11.3 Å². The lowest BCUT2D eigenvalue weighted by Crippen LogP contribution is -2.46. The van der Waals surface area contributed by atoms with E-state index < -0.39 is 6.10 Å². The van der Waals surface area contributed by atoms with Crippen molar-refractivity contribution in [1.82, 2.24) is 0 Å². The van der Waals surface area contributed by atoms with Gasteiger partial charge in [0, 0.05) is 25.4 Å². The largest absolute Gasteiger partial charge is 0.479 e. The van der Waals surface area contributed by atoms with Crippen LogP contribution in [0.3, 0.4) is 0 Å². The fourth-order valence-corrected chi connectivity index (χ4v) is 2.14. The van der Waals surface area contributed by atoms with Crippen LogP contribution in [0.2, 0.25) is 0 Å². The summed E-state index contributed by atoms with van der Waals surface area (Å²) in [5.74, 6) is 0.626. The molecular formula is C15H22N2O3. The molecule has 0 saturated heterocycles. The number of nitrogens with zero attached hydrogens (tertiary/aromatic N) is 1. The maximum atomic E-state index is 12.3. The van der Waals surface area contributed by atoms with E-state index in [1.165, 1.54) is 0 Å². The number of benzene rings is 1. The van der Waals surface area contributed by atoms with E-state index in [0.717, 1.165) is 12.1 Å². The Bertz CT molecular complexity index is 514. The fraction of sp³-hybridized carbons (Fsp3) is 0.533. The first-order valence-corrected chi connectivity index (χ1v) is 6.77. The lowest BCUT2D eigenvalue weighted by Gasteiger charge is -2.35. The van der Waals surface area contributed by atoms with Crippen molar-refractivity contribution >= 4 is 17.3 Å². The summed E-state index contributed by atoms with van der Waals surface area (Å²) in [6.45, 7) is 6.35. The summed E-state index contributed by atoms with van der Waals surface area (Å²) >= 11 is 0. The van der Waals surface area contributed by atoms with Gasteiger partial charge in [-0.05, 0) is 39.3 Å². The second-order valence-corrected chi connectivity index (χ2v) is 5.69. The molecule has 0 aromatic heterocycles. The Morgan fingerprint density at radius 1 is 1.45 bits per heavy atom. The lowest BCUT2D eigenvalue weighted by atomic mass is 10.0. The molecular weight excluding hydrogens is 256 g/mol. The van der Waals surface area contributed by atoms with Gasteiger partial charge in [-0.15, -0.1) is 0 Å². The molecule has 1 aliphatic heterocycles. The molecule has 2 rings (SSSR count). The molecule has 0 bridgehead atoms. The fourth-order valence-electron chi connectivity index (χ4n) is 2.14. The minimum atomic E-state index is -0.491. The summed E-state index contributed by atoms with van der Waals surface area (Å²) in [6.07, 6.45) is 0.251. The van der Waals surface area contributed by atoms with Crippen molar-refractivity contribution in [2.24, 2.45) is 0 Å². The number of anilines is 2. The van der Waals surface area contributed by atoms with Crippen molar-refractivity contribution in [3.05, 3.63) is 18.2 Å². The van der Waals surface area contributed by atoms with Crippen LogP contribution in [0.5, 0.6) is 5.75 Å². The molecule has 1 aliphatic rings. The monoisotopic (exact) mass is 278 g/mol. The summed E-state index contributed by atoms with van der Waals surface area (Å²) in [4.78, 5) is 14.1. The minimum Gasteiger partial charge on any atom is -0.479 e. The predicted octanol–water partition coefficient (Wildman–Crippen LogP) is 2.20. The van der Waals surface area contributed by atoms with Gasteiger partial charge in [-0.3, -0.25) is 4.79 Å². The average molecular weight is 278 g/mol. The lowest BCUT2D eigenvalue weighted by molar-refractivity contribution is -0.125. The Morgan fingerprint density at radius 2 is 2.15 bits per heavy atom. The summed E-state index contributed by atoms with van der Waals surface area (Å²) in [7, 11) is 1.68. The maximum Gasteiger partial charge on any atom is 0.267 e. The zero-order valence-electron chi connectivity index (χ0n) is 12.5. The number of nitrogens with two attached hydrogens (primary N) is 1. The Kier molecular flexibility index (Phi) is 3.90. The van der Waals surface area contributed by atoms with Gasteiger partial charge in [-0.1, -0.05) is 0 Å². The number of hydrogen-bond donors (Lipinski definition) is 1. The molecule has 1 aromatic rings. The number of amides is 1. The highest BCUT2D eigenvalue weighted by atomic mass is 16.5. The van der Waals surface area contributed by atoms with Crippen molar-refractivity contribution < 1.29 is 14.3 Å². The molecule has 0 radical (unpaired) electrons. The summed E-state index contributed by atoms with van der Waals surface area (Å²) in [5, 5.41) is 0. The standard InChI is InChI=1S/C15H22N2O3/c1-10-14(18)17(8-7-15(2,3)19-4)12-6-5-11(16)9-13(12)20-10/h5-6,9-10H,7-8,16H2,1-4H3. The van der Waals surface area contributed by atoms with Gasteiger partial charge < -0.3 is 20.1 Å². The van der Waals surface area contributed by atoms with Crippen molar-refractivity contribution in [2.75, 3.05) is 24.3 Å². The third-order valence-corrected chi connectivity index (χ3v) is 3.68. The van der Waals surface area contributed by atoms with Crippen molar-refractivity contribution in [3.8, 4) is 5.75 Å². The Balaban J connectivity index is 2.25. The molecule has 1 heterocycles. The van der Waals surface area contributed by atoms with E-state index in [1.54, 1.807) is 31.1 Å². The van der Waals surface area contributed by atoms with Gasteiger partial charge in [0.25, 0.3) is 5.91 Å². The quantitative estimate of drug-likeness (QED) is 0.857. The van der Waals surface area contributed by atoms with Crippen LogP contribution in [0.4, 0.5) is 11.4 Å². The normalized spacial score (nSPS) is 18.7. The van der Waals surface area contributed by atoms with E-state index in [1.807, 2.05) is 19.9 Å². The Hall–Kier alpha value is -1.75. The second kappa shape index (κ2) is 5.32. The minimum absolute atomic E-state index is 0.0332. The molecule has 2 N–H and O–H groups in total. The van der Waals surface area contributed by atoms with Gasteiger partial charge in [-0.2, -0.15) is 0 Å². The van der Waals surface area contributed by atoms with E-state index in [9.17, 15) is 4.79 Å². The Labute approximate surface area is 119 Å². The number of carbonyl (C=O) groups excluding carboxylic acids is 1. The molecule has 1 amide bonds. The molecule has 5 nitrogen and oxygen atoms in total. The van der Waals surface area contributed by atoms with Crippen LogP contribution in [-0.4, -0.2) is 31.3 Å². The number of fused-ring (bicyclic) bond motifs is 1. The maximum absolute atomic E-state index is 12.3. The first-order valence-electron chi connectivity index (χ1n) is 6.77. The van der Waals surface area contributed by atoms with Crippen LogP contribution in [0.15, 0.2) is 18.2 Å². The zero-order chi connectivity index (χ0) is 14.9. The van der Waals surface area contributed by atoms with Crippen LogP contribution in [0, 0.1) is 0 Å². The second-order valence-electron chi connectivity index (χ2n) is 5.69. The highest BCUT2D eigenvalue weighted by Gasteiger charge is 2.32. The van der Waals surface area contributed by atoms with E-state index in [-0.39, 0.29) is 11.5 Å². The molecule has 20 heavy (non-hydrogen) atoms. The average Bonchev–Trinajstić information content (AvgIpc) is 2.39.